The Balaban J connectivity index is 1.33. The molecular formula is C23H23ClFN3O2S2. The first-order valence-corrected chi connectivity index (χ1v) is 13.3. The molecule has 3 aromatic rings. The maximum atomic E-state index is 14.9. The van der Waals surface area contributed by atoms with E-state index in [2.05, 4.69) is 38.9 Å². The van der Waals surface area contributed by atoms with E-state index in [1.165, 1.54) is 47.4 Å². The average Bonchev–Trinajstić information content (AvgIpc) is 3.20. The number of aromatic nitrogens is 1. The third-order valence-corrected chi connectivity index (χ3v) is 8.86. The van der Waals surface area contributed by atoms with Gasteiger partial charge >= 0.3 is 0 Å². The molecule has 9 heteroatoms. The second kappa shape index (κ2) is 8.41. The molecule has 1 atom stereocenters. The van der Waals surface area contributed by atoms with Crippen LogP contribution in [0.4, 0.5) is 10.2 Å². The first kappa shape index (κ1) is 21.8. The van der Waals surface area contributed by atoms with Gasteiger partial charge in [0.2, 0.25) is 0 Å². The molecule has 168 valence electrons. The van der Waals surface area contributed by atoms with E-state index in [4.69, 9.17) is 11.6 Å². The van der Waals surface area contributed by atoms with E-state index >= 15 is 0 Å². The molecule has 1 saturated heterocycles. The highest BCUT2D eigenvalue weighted by Gasteiger charge is 2.54. The first-order chi connectivity index (χ1) is 15.3. The molecule has 2 aliphatic rings. The molecule has 0 radical (unpaired) electrons. The fraction of sp³-hybridized carbons (Fsp3) is 0.348. The maximum Gasteiger partial charge on any atom is 0.266 e. The van der Waals surface area contributed by atoms with E-state index in [0.29, 0.717) is 17.9 Å². The van der Waals surface area contributed by atoms with E-state index < -0.39 is 20.7 Å². The zero-order valence-electron chi connectivity index (χ0n) is 17.3. The molecule has 32 heavy (non-hydrogen) atoms. The van der Waals surface area contributed by atoms with Crippen LogP contribution in [-0.4, -0.2) is 31.4 Å². The largest absolute Gasteiger partial charge is 0.298 e. The number of nitrogens with zero attached hydrogens (tertiary/aromatic N) is 2. The fourth-order valence-corrected chi connectivity index (χ4v) is 6.72. The number of halogens is 2. The van der Waals surface area contributed by atoms with Crippen molar-refractivity contribution >= 4 is 38.8 Å². The van der Waals surface area contributed by atoms with Crippen molar-refractivity contribution in [2.75, 3.05) is 17.8 Å². The normalized spacial score (nSPS) is 20.0. The molecule has 2 heterocycles. The summed E-state index contributed by atoms with van der Waals surface area (Å²) in [5, 5.41) is 1.82. The average molecular weight is 492 g/mol. The van der Waals surface area contributed by atoms with Gasteiger partial charge in [-0.15, -0.1) is 11.3 Å². The summed E-state index contributed by atoms with van der Waals surface area (Å²) in [4.78, 5) is 5.90. The number of benzene rings is 2. The lowest BCUT2D eigenvalue weighted by Gasteiger charge is -2.18. The van der Waals surface area contributed by atoms with Crippen molar-refractivity contribution < 1.29 is 12.8 Å². The van der Waals surface area contributed by atoms with Crippen LogP contribution in [0, 0.1) is 17.2 Å². The van der Waals surface area contributed by atoms with Crippen molar-refractivity contribution in [3.05, 3.63) is 75.3 Å². The first-order valence-electron chi connectivity index (χ1n) is 10.5. The Morgan fingerprint density at radius 1 is 1.25 bits per heavy atom. The van der Waals surface area contributed by atoms with E-state index in [9.17, 15) is 12.8 Å². The molecule has 1 spiro atoms. The van der Waals surface area contributed by atoms with Crippen LogP contribution in [0.5, 0.6) is 0 Å². The Morgan fingerprint density at radius 3 is 2.72 bits per heavy atom. The number of nitrogens with one attached hydrogen (secondary N) is 1. The number of likely N-dealkylation sites (tertiary alicyclic amines) is 1. The summed E-state index contributed by atoms with van der Waals surface area (Å²) in [7, 11) is -4.11. The minimum atomic E-state index is -4.11. The van der Waals surface area contributed by atoms with Crippen molar-refractivity contribution in [3.8, 4) is 0 Å². The minimum absolute atomic E-state index is 0.162. The van der Waals surface area contributed by atoms with Crippen LogP contribution in [0.1, 0.15) is 24.0 Å². The molecule has 0 bridgehead atoms. The lowest BCUT2D eigenvalue weighted by molar-refractivity contribution is 0.311. The second-order valence-electron chi connectivity index (χ2n) is 8.77. The topological polar surface area (TPSA) is 62.3 Å². The molecule has 1 aliphatic heterocycles. The smallest absolute Gasteiger partial charge is 0.266 e. The molecule has 1 saturated carbocycles. The Hall–Kier alpha value is -2.00. The molecule has 1 aromatic heterocycles. The van der Waals surface area contributed by atoms with Gasteiger partial charge in [-0.1, -0.05) is 41.9 Å². The third kappa shape index (κ3) is 4.41. The summed E-state index contributed by atoms with van der Waals surface area (Å²) >= 11 is 7.71. The van der Waals surface area contributed by atoms with Crippen LogP contribution in [0.3, 0.4) is 0 Å². The van der Waals surface area contributed by atoms with Gasteiger partial charge in [0.1, 0.15) is 10.7 Å². The molecule has 2 aromatic carbocycles. The van der Waals surface area contributed by atoms with E-state index in [0.717, 1.165) is 19.6 Å². The fourth-order valence-electron chi connectivity index (χ4n) is 4.77. The van der Waals surface area contributed by atoms with Crippen LogP contribution in [-0.2, 0) is 23.0 Å². The maximum absolute atomic E-state index is 14.9. The number of hydrogen-bond acceptors (Lipinski definition) is 5. The SMILES string of the molecule is O=S(=O)(Nc1cscn1)c1cc(Cl)c(C[C@@H]2CN(Cc3ccccc3)CC23CC3)cc1F. The van der Waals surface area contributed by atoms with E-state index in [1.54, 1.807) is 5.38 Å². The van der Waals surface area contributed by atoms with Gasteiger partial charge in [0.25, 0.3) is 10.0 Å². The van der Waals surface area contributed by atoms with Gasteiger partial charge in [0, 0.05) is 30.0 Å². The Morgan fingerprint density at radius 2 is 2.03 bits per heavy atom. The van der Waals surface area contributed by atoms with Gasteiger partial charge in [-0.25, -0.2) is 17.8 Å². The number of thiazole rings is 1. The standard InChI is InChI=1S/C23H23ClFN3O2S2/c24-19-10-21(32(29,30)27-22-13-31-15-26-22)20(25)9-17(19)8-18-12-28(14-23(18)6-7-23)11-16-4-2-1-3-5-16/h1-5,9-10,13,15,18,27H,6-8,11-12,14H2/t18-/m1/s1. The van der Waals surface area contributed by atoms with Gasteiger partial charge in [-0.05, 0) is 53.9 Å². The van der Waals surface area contributed by atoms with Gasteiger partial charge in [-0.2, -0.15) is 0 Å². The molecule has 0 unspecified atom stereocenters. The monoisotopic (exact) mass is 491 g/mol. The number of rotatable bonds is 7. The number of anilines is 1. The predicted molar refractivity (Wildman–Crippen MR) is 125 cm³/mol. The number of sulfonamides is 1. The summed E-state index contributed by atoms with van der Waals surface area (Å²) < 4.78 is 42.4. The van der Waals surface area contributed by atoms with Crippen LogP contribution in [0.25, 0.3) is 0 Å². The number of hydrogen-bond donors (Lipinski definition) is 1. The third-order valence-electron chi connectivity index (χ3n) is 6.55. The van der Waals surface area contributed by atoms with Crippen LogP contribution in [0.2, 0.25) is 5.02 Å². The van der Waals surface area contributed by atoms with E-state index in [-0.39, 0.29) is 16.3 Å². The van der Waals surface area contributed by atoms with Crippen LogP contribution < -0.4 is 4.72 Å². The molecule has 5 nitrogen and oxygen atoms in total. The van der Waals surface area contributed by atoms with Gasteiger partial charge in [-0.3, -0.25) is 9.62 Å². The van der Waals surface area contributed by atoms with Crippen molar-refractivity contribution in [2.24, 2.45) is 11.3 Å². The van der Waals surface area contributed by atoms with Gasteiger partial charge < -0.3 is 0 Å². The van der Waals surface area contributed by atoms with Crippen LogP contribution >= 0.6 is 22.9 Å². The summed E-state index contributed by atoms with van der Waals surface area (Å²) in [6.07, 6.45) is 2.99. The molecule has 1 aliphatic carbocycles. The summed E-state index contributed by atoms with van der Waals surface area (Å²) in [5.41, 5.74) is 3.72. The lowest BCUT2D eigenvalue weighted by atomic mass is 9.87. The Kier molecular flexibility index (Phi) is 5.73. The van der Waals surface area contributed by atoms with Crippen molar-refractivity contribution in [1.82, 2.24) is 9.88 Å². The molecule has 1 N–H and O–H groups in total. The molecule has 0 amide bonds. The zero-order chi connectivity index (χ0) is 22.3. The molecule has 5 rings (SSSR count). The highest BCUT2D eigenvalue weighted by molar-refractivity contribution is 7.92. The van der Waals surface area contributed by atoms with Gasteiger partial charge in [0.15, 0.2) is 5.82 Å². The second-order valence-corrected chi connectivity index (χ2v) is 11.5. The quantitative estimate of drug-likeness (QED) is 0.494. The summed E-state index contributed by atoms with van der Waals surface area (Å²) in [6, 6.07) is 12.9. The van der Waals surface area contributed by atoms with Crippen LogP contribution in [0.15, 0.2) is 58.3 Å². The zero-order valence-corrected chi connectivity index (χ0v) is 19.7. The molecule has 2 fully saturated rings. The van der Waals surface area contributed by atoms with Crippen molar-refractivity contribution in [3.63, 3.8) is 0 Å². The highest BCUT2D eigenvalue weighted by Crippen LogP contribution is 2.57. The van der Waals surface area contributed by atoms with Gasteiger partial charge in [0.05, 0.1) is 5.51 Å². The Labute approximate surface area is 196 Å². The lowest BCUT2D eigenvalue weighted by Crippen LogP contribution is -2.20. The highest BCUT2D eigenvalue weighted by atomic mass is 35.5. The van der Waals surface area contributed by atoms with Crippen molar-refractivity contribution in [1.29, 1.82) is 0 Å². The Bertz CT molecular complexity index is 1220. The van der Waals surface area contributed by atoms with E-state index in [1.807, 2.05) is 6.07 Å². The van der Waals surface area contributed by atoms with Crippen molar-refractivity contribution in [2.45, 2.75) is 30.7 Å². The summed E-state index contributed by atoms with van der Waals surface area (Å²) in [5.74, 6) is -0.260. The summed E-state index contributed by atoms with van der Waals surface area (Å²) in [6.45, 7) is 2.87. The molecular weight excluding hydrogens is 469 g/mol. The predicted octanol–water partition coefficient (Wildman–Crippen LogP) is 5.19. The minimum Gasteiger partial charge on any atom is -0.298 e.